The van der Waals surface area contributed by atoms with Gasteiger partial charge in [-0.15, -0.1) is 22.7 Å². The van der Waals surface area contributed by atoms with E-state index in [1.807, 2.05) is 7.05 Å². The van der Waals surface area contributed by atoms with Crippen LogP contribution in [0.25, 0.3) is 0 Å². The average Bonchev–Trinajstić information content (AvgIpc) is 3.35. The molecule has 3 rings (SSSR count). The van der Waals surface area contributed by atoms with Crippen molar-refractivity contribution >= 4 is 62.9 Å². The molecule has 0 radical (unpaired) electrons. The second kappa shape index (κ2) is 10.4. The zero-order valence-electron chi connectivity index (χ0n) is 17.7. The van der Waals surface area contributed by atoms with E-state index >= 15 is 0 Å². The maximum atomic E-state index is 12.8. The zero-order chi connectivity index (χ0) is 23.4. The van der Waals surface area contributed by atoms with Gasteiger partial charge in [0.25, 0.3) is 5.91 Å². The van der Waals surface area contributed by atoms with E-state index in [0.717, 1.165) is 41.4 Å². The van der Waals surface area contributed by atoms with Crippen molar-refractivity contribution in [2.75, 3.05) is 39.5 Å². The van der Waals surface area contributed by atoms with Crippen LogP contribution in [0.1, 0.15) is 20.4 Å². The van der Waals surface area contributed by atoms with E-state index in [0.29, 0.717) is 9.34 Å². The molecular formula is C19H23ClN6O4S2. The Morgan fingerprint density at radius 2 is 1.97 bits per heavy atom. The van der Waals surface area contributed by atoms with Crippen LogP contribution >= 0.6 is 34.3 Å². The SMILES string of the molecule is CN1CCc2nc(C(=O)N[C@@H](CNC(=O)C(=O)Nc3ccc(Cl)s3)C(=O)N(C)C)sc2C1. The van der Waals surface area contributed by atoms with Gasteiger partial charge in [-0.2, -0.15) is 0 Å². The summed E-state index contributed by atoms with van der Waals surface area (Å²) in [6.45, 7) is 1.33. The lowest BCUT2D eigenvalue weighted by molar-refractivity contribution is -0.136. The monoisotopic (exact) mass is 498 g/mol. The number of fused-ring (bicyclic) bond motifs is 1. The van der Waals surface area contributed by atoms with Crippen LogP contribution in [0, 0.1) is 0 Å². The molecule has 0 unspecified atom stereocenters. The zero-order valence-corrected chi connectivity index (χ0v) is 20.1. The lowest BCUT2D eigenvalue weighted by Gasteiger charge is -2.21. The van der Waals surface area contributed by atoms with Crippen molar-refractivity contribution in [3.63, 3.8) is 0 Å². The second-order valence-electron chi connectivity index (χ2n) is 7.40. The van der Waals surface area contributed by atoms with Crippen LogP contribution in [0.5, 0.6) is 0 Å². The van der Waals surface area contributed by atoms with Crippen LogP contribution in [-0.2, 0) is 27.3 Å². The van der Waals surface area contributed by atoms with Gasteiger partial charge in [-0.05, 0) is 19.2 Å². The highest BCUT2D eigenvalue weighted by Gasteiger charge is 2.28. The number of nitrogens with zero attached hydrogens (tertiary/aromatic N) is 3. The van der Waals surface area contributed by atoms with Gasteiger partial charge in [-0.25, -0.2) is 4.98 Å². The molecule has 0 saturated carbocycles. The first kappa shape index (κ1) is 24.1. The van der Waals surface area contributed by atoms with Crippen molar-refractivity contribution in [2.24, 2.45) is 0 Å². The second-order valence-corrected chi connectivity index (χ2v) is 10.2. The summed E-state index contributed by atoms with van der Waals surface area (Å²) >= 11 is 8.21. The minimum atomic E-state index is -1.06. The number of thiazole rings is 1. The smallest absolute Gasteiger partial charge is 0.314 e. The van der Waals surface area contributed by atoms with E-state index in [9.17, 15) is 19.2 Å². The van der Waals surface area contributed by atoms with Crippen LogP contribution in [0.4, 0.5) is 5.00 Å². The van der Waals surface area contributed by atoms with Gasteiger partial charge in [0, 0.05) is 45.0 Å². The molecule has 0 bridgehead atoms. The van der Waals surface area contributed by atoms with Crippen molar-refractivity contribution < 1.29 is 19.2 Å². The minimum absolute atomic E-state index is 0.256. The highest BCUT2D eigenvalue weighted by atomic mass is 35.5. The molecule has 0 spiro atoms. The van der Waals surface area contributed by atoms with Gasteiger partial charge in [0.15, 0.2) is 5.01 Å². The van der Waals surface area contributed by atoms with Gasteiger partial charge in [0.2, 0.25) is 5.91 Å². The highest BCUT2D eigenvalue weighted by molar-refractivity contribution is 7.20. The van der Waals surface area contributed by atoms with Crippen molar-refractivity contribution in [3.8, 4) is 0 Å². The van der Waals surface area contributed by atoms with Crippen LogP contribution in [0.2, 0.25) is 4.34 Å². The Balaban J connectivity index is 1.62. The number of carbonyl (C=O) groups is 4. The van der Waals surface area contributed by atoms with Crippen molar-refractivity contribution in [1.29, 1.82) is 0 Å². The van der Waals surface area contributed by atoms with Gasteiger partial charge in [-0.3, -0.25) is 19.2 Å². The Morgan fingerprint density at radius 1 is 1.22 bits per heavy atom. The summed E-state index contributed by atoms with van der Waals surface area (Å²) in [5.74, 6) is -2.76. The summed E-state index contributed by atoms with van der Waals surface area (Å²) in [6.07, 6.45) is 0.760. The van der Waals surface area contributed by atoms with Gasteiger partial charge in [0.1, 0.15) is 6.04 Å². The van der Waals surface area contributed by atoms with Crippen molar-refractivity contribution in [1.82, 2.24) is 25.4 Å². The Kier molecular flexibility index (Phi) is 7.82. The first-order chi connectivity index (χ1) is 15.1. The predicted octanol–water partition coefficient (Wildman–Crippen LogP) is 0.787. The lowest BCUT2D eigenvalue weighted by Crippen LogP contribution is -2.53. The number of nitrogens with one attached hydrogen (secondary N) is 3. The van der Waals surface area contributed by atoms with Gasteiger partial charge in [-0.1, -0.05) is 11.6 Å². The molecule has 32 heavy (non-hydrogen) atoms. The third-order valence-electron chi connectivity index (χ3n) is 4.64. The van der Waals surface area contributed by atoms with E-state index in [1.54, 1.807) is 12.1 Å². The standard InChI is InChI=1S/C19H23ClN6O4S2/c1-25(2)19(30)11(8-21-15(27)16(28)24-14-5-4-13(20)32-14)22-17(29)18-23-10-6-7-26(3)9-12(10)31-18/h4-5,11H,6-9H2,1-3H3,(H,21,27)(H,22,29)(H,24,28)/t11-/m0/s1. The molecular weight excluding hydrogens is 476 g/mol. The van der Waals surface area contributed by atoms with Crippen molar-refractivity contribution in [3.05, 3.63) is 32.0 Å². The summed E-state index contributed by atoms with van der Waals surface area (Å²) in [7, 11) is 5.07. The number of aromatic nitrogens is 1. The molecule has 2 aromatic rings. The number of halogens is 1. The quantitative estimate of drug-likeness (QED) is 0.506. The number of rotatable bonds is 6. The molecule has 1 atom stereocenters. The molecule has 0 fully saturated rings. The van der Waals surface area contributed by atoms with Crippen LogP contribution in [-0.4, -0.2) is 78.7 Å². The maximum absolute atomic E-state index is 12.8. The Hall–Kier alpha value is -2.54. The lowest BCUT2D eigenvalue weighted by atomic mass is 10.2. The number of amides is 4. The summed E-state index contributed by atoms with van der Waals surface area (Å²) in [4.78, 5) is 58.4. The van der Waals surface area contributed by atoms with E-state index in [1.165, 1.54) is 30.3 Å². The number of hydrogen-bond donors (Lipinski definition) is 3. The van der Waals surface area contributed by atoms with Crippen LogP contribution in [0.15, 0.2) is 12.1 Å². The van der Waals surface area contributed by atoms with Gasteiger partial charge < -0.3 is 25.8 Å². The Morgan fingerprint density at radius 3 is 2.62 bits per heavy atom. The Bertz CT molecular complexity index is 1040. The number of likely N-dealkylation sites (N-methyl/N-ethyl adjacent to an activating group) is 2. The molecule has 13 heteroatoms. The van der Waals surface area contributed by atoms with Gasteiger partial charge in [0.05, 0.1) is 15.0 Å². The fourth-order valence-corrected chi connectivity index (χ4v) is 5.01. The molecule has 0 saturated heterocycles. The molecule has 3 N–H and O–H groups in total. The predicted molar refractivity (Wildman–Crippen MR) is 123 cm³/mol. The minimum Gasteiger partial charge on any atom is -0.347 e. The summed E-state index contributed by atoms with van der Waals surface area (Å²) in [5.41, 5.74) is 0.896. The molecule has 1 aliphatic rings. The number of thiophene rings is 1. The van der Waals surface area contributed by atoms with Crippen molar-refractivity contribution in [2.45, 2.75) is 19.0 Å². The van der Waals surface area contributed by atoms with Gasteiger partial charge >= 0.3 is 11.8 Å². The molecule has 10 nitrogen and oxygen atoms in total. The average molecular weight is 499 g/mol. The number of hydrogen-bond acceptors (Lipinski definition) is 8. The number of carbonyl (C=O) groups excluding carboxylic acids is 4. The topological polar surface area (TPSA) is 124 Å². The van der Waals surface area contributed by atoms with E-state index in [4.69, 9.17) is 11.6 Å². The molecule has 0 aromatic carbocycles. The van der Waals surface area contributed by atoms with Crippen LogP contribution in [0.3, 0.4) is 0 Å². The molecule has 172 valence electrons. The van der Waals surface area contributed by atoms with E-state index in [2.05, 4.69) is 25.8 Å². The Labute approximate surface area is 197 Å². The fourth-order valence-electron chi connectivity index (χ4n) is 2.98. The number of anilines is 1. The first-order valence-electron chi connectivity index (χ1n) is 9.67. The molecule has 3 heterocycles. The fraction of sp³-hybridized carbons (Fsp3) is 0.421. The molecule has 4 amide bonds. The normalized spacial score (nSPS) is 14.2. The third-order valence-corrected chi connectivity index (χ3v) is 6.87. The first-order valence-corrected chi connectivity index (χ1v) is 11.7. The summed E-state index contributed by atoms with van der Waals surface area (Å²) in [6, 6.07) is 2.10. The maximum Gasteiger partial charge on any atom is 0.314 e. The summed E-state index contributed by atoms with van der Waals surface area (Å²) in [5, 5.41) is 8.12. The van der Waals surface area contributed by atoms with Crippen LogP contribution < -0.4 is 16.0 Å². The summed E-state index contributed by atoms with van der Waals surface area (Å²) < 4.78 is 0.468. The molecule has 0 aliphatic carbocycles. The molecule has 1 aliphatic heterocycles. The van der Waals surface area contributed by atoms with E-state index < -0.39 is 29.7 Å². The molecule has 2 aromatic heterocycles. The largest absolute Gasteiger partial charge is 0.347 e. The highest BCUT2D eigenvalue weighted by Crippen LogP contribution is 2.26. The van der Waals surface area contributed by atoms with E-state index in [-0.39, 0.29) is 11.6 Å². The third kappa shape index (κ3) is 6.03.